The first-order chi connectivity index (χ1) is 12.6. The Bertz CT molecular complexity index is 855. The van der Waals surface area contributed by atoms with Crippen LogP contribution in [0, 0.1) is 13.8 Å². The summed E-state index contributed by atoms with van der Waals surface area (Å²) in [4.78, 5) is 12.5. The summed E-state index contributed by atoms with van der Waals surface area (Å²) in [6, 6.07) is 12.4. The van der Waals surface area contributed by atoms with Crippen molar-refractivity contribution in [1.82, 2.24) is 10.6 Å². The minimum Gasteiger partial charge on any atom is -0.339 e. The first kappa shape index (κ1) is 22.1. The highest BCUT2D eigenvalue weighted by Gasteiger charge is 2.35. The molecular formula is C18H17Cl4N3OS. The molecule has 0 aliphatic carbocycles. The summed E-state index contributed by atoms with van der Waals surface area (Å²) in [5, 5.41) is 8.92. The van der Waals surface area contributed by atoms with Crippen molar-refractivity contribution in [1.29, 1.82) is 0 Å². The number of hydrogen-bond acceptors (Lipinski definition) is 2. The maximum Gasteiger partial charge on any atom is 0.254 e. The molecule has 0 aliphatic heterocycles. The summed E-state index contributed by atoms with van der Waals surface area (Å²) < 4.78 is -1.86. The summed E-state index contributed by atoms with van der Waals surface area (Å²) in [6.07, 6.45) is -1.09. The quantitative estimate of drug-likeness (QED) is 0.323. The van der Waals surface area contributed by atoms with Crippen molar-refractivity contribution in [3.05, 3.63) is 64.2 Å². The minimum absolute atomic E-state index is 0.192. The number of halogens is 4. The second kappa shape index (κ2) is 9.30. The number of alkyl halides is 3. The van der Waals surface area contributed by atoms with Gasteiger partial charge in [0.25, 0.3) is 5.91 Å². The Hall–Kier alpha value is -1.24. The molecule has 0 saturated carbocycles. The van der Waals surface area contributed by atoms with Gasteiger partial charge in [-0.05, 0) is 49.8 Å². The van der Waals surface area contributed by atoms with E-state index in [0.29, 0.717) is 0 Å². The SMILES string of the molecule is Cc1ccc(NC(=S)N[C@H](NC(=O)c2ccccc2Cl)C(Cl)(Cl)Cl)c(C)c1. The third-order valence-corrected chi connectivity index (χ3v) is 4.83. The van der Waals surface area contributed by atoms with Crippen LogP contribution >= 0.6 is 58.6 Å². The number of carbonyl (C=O) groups is 1. The fourth-order valence-corrected chi connectivity index (χ4v) is 3.07. The van der Waals surface area contributed by atoms with E-state index < -0.39 is 15.9 Å². The van der Waals surface area contributed by atoms with Crippen LogP contribution in [-0.4, -0.2) is 21.0 Å². The molecule has 2 aromatic rings. The van der Waals surface area contributed by atoms with Gasteiger partial charge in [0.05, 0.1) is 10.6 Å². The third kappa shape index (κ3) is 6.40. The number of anilines is 1. The first-order valence-electron chi connectivity index (χ1n) is 7.85. The standard InChI is InChI=1S/C18H17Cl4N3OS/c1-10-7-8-14(11(2)9-10)23-17(27)25-16(18(20,21)22)24-15(26)12-5-3-4-6-13(12)19/h3-9,16H,1-2H3,(H,24,26)(H2,23,25,27)/t16-/m0/s1. The molecule has 3 N–H and O–H groups in total. The number of rotatable bonds is 4. The smallest absolute Gasteiger partial charge is 0.254 e. The molecule has 1 atom stereocenters. The Morgan fingerprint density at radius 1 is 1.07 bits per heavy atom. The van der Waals surface area contributed by atoms with E-state index in [-0.39, 0.29) is 15.7 Å². The van der Waals surface area contributed by atoms with Crippen molar-refractivity contribution in [2.24, 2.45) is 0 Å². The lowest BCUT2D eigenvalue weighted by Gasteiger charge is -2.28. The highest BCUT2D eigenvalue weighted by molar-refractivity contribution is 7.80. The van der Waals surface area contributed by atoms with E-state index in [0.717, 1.165) is 16.8 Å². The van der Waals surface area contributed by atoms with Gasteiger partial charge in [-0.1, -0.05) is 76.2 Å². The molecule has 0 fully saturated rings. The van der Waals surface area contributed by atoms with Gasteiger partial charge in [0, 0.05) is 5.69 Å². The van der Waals surface area contributed by atoms with Crippen molar-refractivity contribution in [2.45, 2.75) is 23.8 Å². The highest BCUT2D eigenvalue weighted by Crippen LogP contribution is 2.29. The lowest BCUT2D eigenvalue weighted by molar-refractivity contribution is 0.0934. The highest BCUT2D eigenvalue weighted by atomic mass is 35.6. The van der Waals surface area contributed by atoms with E-state index in [1.54, 1.807) is 24.3 Å². The Balaban J connectivity index is 2.11. The molecule has 0 bridgehead atoms. The number of benzene rings is 2. The van der Waals surface area contributed by atoms with Gasteiger partial charge in [0.2, 0.25) is 3.79 Å². The molecule has 0 heterocycles. The van der Waals surface area contributed by atoms with E-state index in [1.807, 2.05) is 32.0 Å². The molecule has 4 nitrogen and oxygen atoms in total. The molecule has 0 spiro atoms. The van der Waals surface area contributed by atoms with Crippen molar-refractivity contribution in [3.63, 3.8) is 0 Å². The summed E-state index contributed by atoms with van der Waals surface area (Å²) in [5.41, 5.74) is 3.19. The second-order valence-corrected chi connectivity index (χ2v) is 9.03. The van der Waals surface area contributed by atoms with Gasteiger partial charge in [-0.15, -0.1) is 0 Å². The molecule has 9 heteroatoms. The average Bonchev–Trinajstić information content (AvgIpc) is 2.56. The largest absolute Gasteiger partial charge is 0.339 e. The number of carbonyl (C=O) groups excluding carboxylic acids is 1. The number of nitrogens with one attached hydrogen (secondary N) is 3. The molecule has 0 saturated heterocycles. The van der Waals surface area contributed by atoms with E-state index in [1.165, 1.54) is 0 Å². The van der Waals surface area contributed by atoms with Crippen LogP contribution in [0.1, 0.15) is 21.5 Å². The van der Waals surface area contributed by atoms with Gasteiger partial charge in [0.1, 0.15) is 6.17 Å². The van der Waals surface area contributed by atoms with E-state index in [9.17, 15) is 4.79 Å². The first-order valence-corrected chi connectivity index (χ1v) is 9.77. The topological polar surface area (TPSA) is 53.2 Å². The van der Waals surface area contributed by atoms with Crippen LogP contribution in [0.15, 0.2) is 42.5 Å². The predicted molar refractivity (Wildman–Crippen MR) is 118 cm³/mol. The van der Waals surface area contributed by atoms with Gasteiger partial charge >= 0.3 is 0 Å². The summed E-state index contributed by atoms with van der Waals surface area (Å²) in [7, 11) is 0. The zero-order chi connectivity index (χ0) is 20.2. The zero-order valence-corrected chi connectivity index (χ0v) is 18.3. The molecule has 0 aliphatic rings. The molecule has 0 unspecified atom stereocenters. The molecule has 0 radical (unpaired) electrons. The van der Waals surface area contributed by atoms with Crippen LogP contribution in [-0.2, 0) is 0 Å². The Labute approximate surface area is 183 Å². The molecule has 144 valence electrons. The Morgan fingerprint density at radius 3 is 2.33 bits per heavy atom. The van der Waals surface area contributed by atoms with Crippen LogP contribution in [0.3, 0.4) is 0 Å². The normalized spacial score (nSPS) is 12.2. The molecular weight excluding hydrogens is 448 g/mol. The summed E-state index contributed by atoms with van der Waals surface area (Å²) >= 11 is 29.3. The summed E-state index contributed by atoms with van der Waals surface area (Å²) in [5.74, 6) is -0.501. The zero-order valence-electron chi connectivity index (χ0n) is 14.4. The number of thiocarbonyl (C=S) groups is 1. The monoisotopic (exact) mass is 463 g/mol. The van der Waals surface area contributed by atoms with Crippen LogP contribution in [0.4, 0.5) is 5.69 Å². The van der Waals surface area contributed by atoms with E-state index >= 15 is 0 Å². The van der Waals surface area contributed by atoms with Crippen LogP contribution in [0.5, 0.6) is 0 Å². The second-order valence-electron chi connectivity index (χ2n) is 5.84. The van der Waals surface area contributed by atoms with Crippen molar-refractivity contribution < 1.29 is 4.79 Å². The summed E-state index contributed by atoms with van der Waals surface area (Å²) in [6.45, 7) is 3.94. The predicted octanol–water partition coefficient (Wildman–Crippen LogP) is 5.37. The van der Waals surface area contributed by atoms with Crippen LogP contribution < -0.4 is 16.0 Å². The molecule has 2 aromatic carbocycles. The van der Waals surface area contributed by atoms with Crippen LogP contribution in [0.25, 0.3) is 0 Å². The molecule has 0 aromatic heterocycles. The minimum atomic E-state index is -1.86. The number of hydrogen-bond donors (Lipinski definition) is 3. The lowest BCUT2D eigenvalue weighted by atomic mass is 10.1. The maximum absolute atomic E-state index is 12.5. The van der Waals surface area contributed by atoms with E-state index in [2.05, 4.69) is 16.0 Å². The molecule has 27 heavy (non-hydrogen) atoms. The Kier molecular flexibility index (Phi) is 7.60. The van der Waals surface area contributed by atoms with E-state index in [4.69, 9.17) is 58.6 Å². The Morgan fingerprint density at radius 2 is 1.74 bits per heavy atom. The maximum atomic E-state index is 12.5. The van der Waals surface area contributed by atoms with Crippen molar-refractivity contribution >= 4 is 75.3 Å². The third-order valence-electron chi connectivity index (χ3n) is 3.63. The van der Waals surface area contributed by atoms with Crippen LogP contribution in [0.2, 0.25) is 5.02 Å². The molecule has 1 amide bonds. The lowest BCUT2D eigenvalue weighted by Crippen LogP contribution is -2.56. The van der Waals surface area contributed by atoms with Gasteiger partial charge in [0.15, 0.2) is 5.11 Å². The van der Waals surface area contributed by atoms with Gasteiger partial charge in [-0.25, -0.2) is 0 Å². The number of amides is 1. The average molecular weight is 465 g/mol. The number of aryl methyl sites for hydroxylation is 2. The van der Waals surface area contributed by atoms with Gasteiger partial charge in [-0.2, -0.15) is 0 Å². The van der Waals surface area contributed by atoms with Gasteiger partial charge in [-0.3, -0.25) is 4.79 Å². The van der Waals surface area contributed by atoms with Crippen molar-refractivity contribution in [2.75, 3.05) is 5.32 Å². The fraction of sp³-hybridized carbons (Fsp3) is 0.222. The van der Waals surface area contributed by atoms with Gasteiger partial charge < -0.3 is 16.0 Å². The fourth-order valence-electron chi connectivity index (χ4n) is 2.30. The van der Waals surface area contributed by atoms with Crippen molar-refractivity contribution in [3.8, 4) is 0 Å². The molecule has 2 rings (SSSR count).